The lowest BCUT2D eigenvalue weighted by Crippen LogP contribution is -2.25. The summed E-state index contributed by atoms with van der Waals surface area (Å²) < 4.78 is 21.3. The number of ether oxygens (including phenoxy) is 1. The second-order valence-electron chi connectivity index (χ2n) is 8.56. The van der Waals surface area contributed by atoms with Gasteiger partial charge in [0.25, 0.3) is 5.91 Å². The number of carbonyl (C=O) groups is 1. The number of hydrogen-bond acceptors (Lipinski definition) is 3. The van der Waals surface area contributed by atoms with Gasteiger partial charge in [-0.15, -0.1) is 0 Å². The van der Waals surface area contributed by atoms with E-state index in [2.05, 4.69) is 48.0 Å². The van der Waals surface area contributed by atoms with Crippen LogP contribution in [-0.2, 0) is 13.0 Å². The van der Waals surface area contributed by atoms with Crippen molar-refractivity contribution in [3.05, 3.63) is 95.1 Å². The fourth-order valence-corrected chi connectivity index (χ4v) is 4.15. The quantitative estimate of drug-likeness (QED) is 0.313. The van der Waals surface area contributed by atoms with Crippen molar-refractivity contribution in [1.82, 2.24) is 14.9 Å². The number of nitrogens with one attached hydrogen (secondary N) is 1. The minimum Gasteiger partial charge on any atom is -0.494 e. The minimum atomic E-state index is -0.352. The van der Waals surface area contributed by atoms with Gasteiger partial charge in [0.15, 0.2) is 0 Å². The lowest BCUT2D eigenvalue weighted by Gasteiger charge is -2.12. The van der Waals surface area contributed by atoms with E-state index in [9.17, 15) is 9.18 Å². The third-order valence-corrected chi connectivity index (χ3v) is 5.69. The summed E-state index contributed by atoms with van der Waals surface area (Å²) in [6, 6.07) is 20.0. The Labute approximate surface area is 199 Å². The number of halogens is 1. The molecular weight excluding hydrogens is 429 g/mol. The Hall–Kier alpha value is -3.67. The predicted octanol–water partition coefficient (Wildman–Crippen LogP) is 5.62. The van der Waals surface area contributed by atoms with Crippen LogP contribution in [0.3, 0.4) is 0 Å². The van der Waals surface area contributed by atoms with Crippen LogP contribution in [-0.4, -0.2) is 28.6 Å². The van der Waals surface area contributed by atoms with Crippen molar-refractivity contribution in [2.45, 2.75) is 39.7 Å². The molecule has 1 aromatic heterocycles. The van der Waals surface area contributed by atoms with Gasteiger partial charge in [-0.3, -0.25) is 4.79 Å². The first-order valence-corrected chi connectivity index (χ1v) is 11.7. The molecule has 0 aliphatic rings. The van der Waals surface area contributed by atoms with Crippen LogP contribution in [0.2, 0.25) is 0 Å². The molecular formula is C28H30FN3O2. The van der Waals surface area contributed by atoms with Gasteiger partial charge in [0.2, 0.25) is 0 Å². The van der Waals surface area contributed by atoms with Gasteiger partial charge in [-0.05, 0) is 86.3 Å². The molecule has 4 aromatic rings. The summed E-state index contributed by atoms with van der Waals surface area (Å²) in [7, 11) is 0. The van der Waals surface area contributed by atoms with Crippen molar-refractivity contribution in [2.75, 3.05) is 13.2 Å². The first kappa shape index (κ1) is 23.5. The molecule has 0 bridgehead atoms. The van der Waals surface area contributed by atoms with Crippen molar-refractivity contribution >= 4 is 16.9 Å². The number of para-hydroxylation sites is 2. The van der Waals surface area contributed by atoms with Crippen molar-refractivity contribution < 1.29 is 13.9 Å². The van der Waals surface area contributed by atoms with Gasteiger partial charge in [0.05, 0.1) is 17.6 Å². The molecule has 1 amide bonds. The Morgan fingerprint density at radius 1 is 1.00 bits per heavy atom. The van der Waals surface area contributed by atoms with E-state index in [1.54, 1.807) is 0 Å². The zero-order valence-electron chi connectivity index (χ0n) is 19.7. The number of imidazole rings is 1. The molecule has 1 heterocycles. The summed E-state index contributed by atoms with van der Waals surface area (Å²) in [5, 5.41) is 2.90. The van der Waals surface area contributed by atoms with Crippen molar-refractivity contribution in [3.63, 3.8) is 0 Å². The molecule has 0 aliphatic heterocycles. The van der Waals surface area contributed by atoms with Gasteiger partial charge in [-0.2, -0.15) is 0 Å². The number of aryl methyl sites for hydroxylation is 4. The molecule has 0 unspecified atom stereocenters. The highest BCUT2D eigenvalue weighted by Gasteiger charge is 2.11. The predicted molar refractivity (Wildman–Crippen MR) is 133 cm³/mol. The zero-order chi connectivity index (χ0) is 23.9. The number of fused-ring (bicyclic) bond motifs is 1. The van der Waals surface area contributed by atoms with E-state index in [0.29, 0.717) is 18.7 Å². The Balaban J connectivity index is 1.33. The van der Waals surface area contributed by atoms with Crippen molar-refractivity contribution in [2.24, 2.45) is 0 Å². The molecule has 0 spiro atoms. The van der Waals surface area contributed by atoms with E-state index < -0.39 is 0 Å². The number of hydrogen-bond donors (Lipinski definition) is 1. The maximum absolute atomic E-state index is 13.1. The number of carbonyl (C=O) groups excluding carboxylic acids is 1. The summed E-state index contributed by atoms with van der Waals surface area (Å²) in [6.45, 7) is 6.11. The minimum absolute atomic E-state index is 0.197. The van der Waals surface area contributed by atoms with Gasteiger partial charge >= 0.3 is 0 Å². The fraction of sp³-hybridized carbons (Fsp3) is 0.286. The summed E-state index contributed by atoms with van der Waals surface area (Å²) in [4.78, 5) is 17.1. The van der Waals surface area contributed by atoms with Crippen LogP contribution in [0.25, 0.3) is 11.0 Å². The van der Waals surface area contributed by atoms with E-state index in [1.807, 2.05) is 18.2 Å². The molecule has 0 radical (unpaired) electrons. The largest absolute Gasteiger partial charge is 0.494 e. The van der Waals surface area contributed by atoms with E-state index in [4.69, 9.17) is 9.72 Å². The third kappa shape index (κ3) is 6.01. The maximum atomic E-state index is 13.1. The third-order valence-electron chi connectivity index (χ3n) is 5.69. The highest BCUT2D eigenvalue weighted by Crippen LogP contribution is 2.19. The molecule has 5 nitrogen and oxygen atoms in total. The smallest absolute Gasteiger partial charge is 0.251 e. The average molecular weight is 460 g/mol. The van der Waals surface area contributed by atoms with Gasteiger partial charge in [0.1, 0.15) is 17.4 Å². The van der Waals surface area contributed by atoms with Gasteiger partial charge < -0.3 is 14.6 Å². The van der Waals surface area contributed by atoms with Crippen LogP contribution >= 0.6 is 0 Å². The standard InChI is InChI=1S/C28H30FN3O2/c1-20-17-21(2)19-24(18-20)34-16-6-15-32-26-8-4-3-7-25(26)31-27(32)9-5-14-30-28(33)22-10-12-23(29)13-11-22/h3-4,7-8,10-13,17-19H,5-6,9,14-16H2,1-2H3,(H,30,33). The van der Waals surface area contributed by atoms with E-state index in [-0.39, 0.29) is 11.7 Å². The second-order valence-corrected chi connectivity index (χ2v) is 8.56. The van der Waals surface area contributed by atoms with E-state index >= 15 is 0 Å². The van der Waals surface area contributed by atoms with Crippen LogP contribution in [0.15, 0.2) is 66.7 Å². The second kappa shape index (κ2) is 11.0. The molecule has 3 aromatic carbocycles. The van der Waals surface area contributed by atoms with Crippen molar-refractivity contribution in [3.8, 4) is 5.75 Å². The monoisotopic (exact) mass is 459 g/mol. The number of rotatable bonds is 10. The molecule has 0 aliphatic carbocycles. The lowest BCUT2D eigenvalue weighted by molar-refractivity contribution is 0.0953. The molecule has 0 saturated carbocycles. The Morgan fingerprint density at radius 3 is 2.50 bits per heavy atom. The van der Waals surface area contributed by atoms with Crippen LogP contribution < -0.4 is 10.1 Å². The number of aromatic nitrogens is 2. The molecule has 1 N–H and O–H groups in total. The summed E-state index contributed by atoms with van der Waals surface area (Å²) in [5.74, 6) is 1.36. The molecule has 0 fully saturated rings. The van der Waals surface area contributed by atoms with Crippen LogP contribution in [0.5, 0.6) is 5.75 Å². The van der Waals surface area contributed by atoms with Gasteiger partial charge in [0, 0.05) is 25.1 Å². The molecule has 6 heteroatoms. The summed E-state index contributed by atoms with van der Waals surface area (Å²) in [5.41, 5.74) is 4.94. The highest BCUT2D eigenvalue weighted by atomic mass is 19.1. The highest BCUT2D eigenvalue weighted by molar-refractivity contribution is 5.94. The van der Waals surface area contributed by atoms with Crippen LogP contribution in [0, 0.1) is 19.7 Å². The zero-order valence-corrected chi connectivity index (χ0v) is 19.7. The molecule has 0 atom stereocenters. The number of amides is 1. The van der Waals surface area contributed by atoms with Crippen LogP contribution in [0.1, 0.15) is 40.2 Å². The van der Waals surface area contributed by atoms with Crippen molar-refractivity contribution in [1.29, 1.82) is 0 Å². The number of nitrogens with zero attached hydrogens (tertiary/aromatic N) is 2. The Bertz CT molecular complexity index is 1240. The SMILES string of the molecule is Cc1cc(C)cc(OCCCn2c(CCCNC(=O)c3ccc(F)cc3)nc3ccccc32)c1. The van der Waals surface area contributed by atoms with Gasteiger partial charge in [-0.25, -0.2) is 9.37 Å². The summed E-state index contributed by atoms with van der Waals surface area (Å²) in [6.07, 6.45) is 2.37. The maximum Gasteiger partial charge on any atom is 0.251 e. The number of benzene rings is 3. The first-order chi connectivity index (χ1) is 16.5. The van der Waals surface area contributed by atoms with E-state index in [0.717, 1.165) is 48.4 Å². The molecule has 34 heavy (non-hydrogen) atoms. The fourth-order valence-electron chi connectivity index (χ4n) is 4.15. The Kier molecular flexibility index (Phi) is 7.58. The molecule has 0 saturated heterocycles. The van der Waals surface area contributed by atoms with Gasteiger partial charge in [-0.1, -0.05) is 18.2 Å². The van der Waals surface area contributed by atoms with E-state index in [1.165, 1.54) is 35.4 Å². The molecule has 4 rings (SSSR count). The molecule has 176 valence electrons. The first-order valence-electron chi connectivity index (χ1n) is 11.7. The topological polar surface area (TPSA) is 56.1 Å². The Morgan fingerprint density at radius 2 is 1.74 bits per heavy atom. The average Bonchev–Trinajstić information content (AvgIpc) is 3.16. The lowest BCUT2D eigenvalue weighted by atomic mass is 10.1. The van der Waals surface area contributed by atoms with Crippen LogP contribution in [0.4, 0.5) is 4.39 Å². The normalized spacial score (nSPS) is 11.0. The summed E-state index contributed by atoms with van der Waals surface area (Å²) >= 11 is 0.